The first-order chi connectivity index (χ1) is 15.7. The second-order valence-corrected chi connectivity index (χ2v) is 8.84. The van der Waals surface area contributed by atoms with E-state index in [0.717, 1.165) is 54.2 Å². The molecule has 1 amide bonds. The number of pyridine rings is 1. The molecule has 6 heteroatoms. The fourth-order valence-corrected chi connectivity index (χ4v) is 4.72. The maximum absolute atomic E-state index is 13.0. The van der Waals surface area contributed by atoms with Crippen molar-refractivity contribution in [1.82, 2.24) is 9.88 Å². The Morgan fingerprint density at radius 1 is 1.09 bits per heavy atom. The van der Waals surface area contributed by atoms with Crippen LogP contribution < -0.4 is 10.1 Å². The lowest BCUT2D eigenvalue weighted by atomic mass is 10.0. The van der Waals surface area contributed by atoms with E-state index in [-0.39, 0.29) is 5.91 Å². The molecule has 2 aliphatic rings. The van der Waals surface area contributed by atoms with Gasteiger partial charge in [0.25, 0.3) is 5.91 Å². The van der Waals surface area contributed by atoms with Crippen LogP contribution in [-0.4, -0.2) is 35.0 Å². The summed E-state index contributed by atoms with van der Waals surface area (Å²) in [5.41, 5.74) is 4.02. The number of carbonyl (C=O) groups is 1. The number of aromatic nitrogens is 1. The highest BCUT2D eigenvalue weighted by molar-refractivity contribution is 6.31. The number of fused-ring (bicyclic) bond motifs is 1. The van der Waals surface area contributed by atoms with Crippen molar-refractivity contribution >= 4 is 23.3 Å². The van der Waals surface area contributed by atoms with Crippen LogP contribution in [0.5, 0.6) is 5.75 Å². The lowest BCUT2D eigenvalue weighted by Gasteiger charge is -2.28. The SMILES string of the molecule is O=C([C@H]1Cc2cc(Cl)cc(-c3ccnc(NCc4ccccc4)c3)c2O1)N1CCCCC1. The van der Waals surface area contributed by atoms with Crippen LogP contribution in [-0.2, 0) is 17.8 Å². The zero-order valence-corrected chi connectivity index (χ0v) is 18.6. The van der Waals surface area contributed by atoms with Crippen LogP contribution in [0.4, 0.5) is 5.82 Å². The van der Waals surface area contributed by atoms with Gasteiger partial charge in [0.15, 0.2) is 6.10 Å². The van der Waals surface area contributed by atoms with Crippen LogP contribution in [0.2, 0.25) is 5.02 Å². The predicted octanol–water partition coefficient (Wildman–Crippen LogP) is 5.33. The molecule has 0 radical (unpaired) electrons. The molecule has 32 heavy (non-hydrogen) atoms. The Hall–Kier alpha value is -3.05. The van der Waals surface area contributed by atoms with E-state index in [1.807, 2.05) is 47.4 Å². The lowest BCUT2D eigenvalue weighted by molar-refractivity contribution is -0.138. The molecule has 2 aliphatic heterocycles. The van der Waals surface area contributed by atoms with Crippen LogP contribution in [0, 0.1) is 0 Å². The van der Waals surface area contributed by atoms with Crippen molar-refractivity contribution in [1.29, 1.82) is 0 Å². The quantitative estimate of drug-likeness (QED) is 0.574. The summed E-state index contributed by atoms with van der Waals surface area (Å²) in [5.74, 6) is 1.62. The fraction of sp³-hybridized carbons (Fsp3) is 0.308. The van der Waals surface area contributed by atoms with Gasteiger partial charge in [0.05, 0.1) is 0 Å². The van der Waals surface area contributed by atoms with E-state index in [4.69, 9.17) is 16.3 Å². The third-order valence-electron chi connectivity index (χ3n) is 6.13. The summed E-state index contributed by atoms with van der Waals surface area (Å²) in [7, 11) is 0. The van der Waals surface area contributed by atoms with Gasteiger partial charge >= 0.3 is 0 Å². The Morgan fingerprint density at radius 2 is 1.91 bits per heavy atom. The molecule has 3 heterocycles. The summed E-state index contributed by atoms with van der Waals surface area (Å²) in [6.07, 6.45) is 5.19. The van der Waals surface area contributed by atoms with Gasteiger partial charge in [-0.3, -0.25) is 4.79 Å². The highest BCUT2D eigenvalue weighted by atomic mass is 35.5. The topological polar surface area (TPSA) is 54.5 Å². The van der Waals surface area contributed by atoms with E-state index in [1.54, 1.807) is 6.20 Å². The van der Waals surface area contributed by atoms with E-state index in [9.17, 15) is 4.79 Å². The Balaban J connectivity index is 1.37. The Bertz CT molecular complexity index is 1110. The van der Waals surface area contributed by atoms with Crippen molar-refractivity contribution < 1.29 is 9.53 Å². The van der Waals surface area contributed by atoms with Gasteiger partial charge in [0, 0.05) is 48.4 Å². The molecule has 1 N–H and O–H groups in total. The number of piperidine rings is 1. The number of nitrogens with one attached hydrogen (secondary N) is 1. The average molecular weight is 448 g/mol. The molecule has 0 unspecified atom stereocenters. The van der Waals surface area contributed by atoms with Crippen LogP contribution in [0.15, 0.2) is 60.8 Å². The largest absolute Gasteiger partial charge is 0.479 e. The molecule has 5 rings (SSSR count). The Labute approximate surface area is 193 Å². The summed E-state index contributed by atoms with van der Waals surface area (Å²) >= 11 is 6.45. The minimum atomic E-state index is -0.474. The van der Waals surface area contributed by atoms with Gasteiger partial charge in [-0.1, -0.05) is 41.9 Å². The molecule has 1 saturated heterocycles. The van der Waals surface area contributed by atoms with Gasteiger partial charge in [-0.15, -0.1) is 0 Å². The third kappa shape index (κ3) is 4.44. The normalized spacial score (nSPS) is 17.5. The molecule has 164 valence electrons. The number of likely N-dealkylation sites (tertiary alicyclic amines) is 1. The number of hydrogen-bond donors (Lipinski definition) is 1. The number of ether oxygens (including phenoxy) is 1. The zero-order valence-electron chi connectivity index (χ0n) is 17.9. The van der Waals surface area contributed by atoms with Crippen LogP contribution in [0.25, 0.3) is 11.1 Å². The maximum Gasteiger partial charge on any atom is 0.263 e. The van der Waals surface area contributed by atoms with Crippen molar-refractivity contribution in [3.8, 4) is 16.9 Å². The highest BCUT2D eigenvalue weighted by Crippen LogP contribution is 2.42. The number of hydrogen-bond acceptors (Lipinski definition) is 4. The molecule has 3 aromatic rings. The second-order valence-electron chi connectivity index (χ2n) is 8.41. The highest BCUT2D eigenvalue weighted by Gasteiger charge is 2.34. The second kappa shape index (κ2) is 9.21. The number of benzene rings is 2. The number of nitrogens with zero attached hydrogens (tertiary/aromatic N) is 2. The number of halogens is 1. The van der Waals surface area contributed by atoms with E-state index >= 15 is 0 Å². The standard InChI is InChI=1S/C26H26ClN3O2/c27-21-13-20-14-23(26(31)30-11-5-2-6-12-30)32-25(20)22(16-21)19-9-10-28-24(15-19)29-17-18-7-3-1-4-8-18/h1,3-4,7-10,13,15-16,23H,2,5-6,11-12,14,17H2,(H,28,29)/t23-/m1/s1. The predicted molar refractivity (Wildman–Crippen MR) is 127 cm³/mol. The number of rotatable bonds is 5. The van der Waals surface area contributed by atoms with E-state index in [1.165, 1.54) is 12.0 Å². The Kier molecular flexibility index (Phi) is 5.99. The van der Waals surface area contributed by atoms with Crippen molar-refractivity contribution in [3.05, 3.63) is 76.9 Å². The molecule has 2 aromatic carbocycles. The monoisotopic (exact) mass is 447 g/mol. The van der Waals surface area contributed by atoms with Crippen molar-refractivity contribution in [2.45, 2.75) is 38.3 Å². The molecular formula is C26H26ClN3O2. The fourth-order valence-electron chi connectivity index (χ4n) is 4.48. The first-order valence-corrected chi connectivity index (χ1v) is 11.6. The molecule has 0 aliphatic carbocycles. The van der Waals surface area contributed by atoms with E-state index in [2.05, 4.69) is 22.4 Å². The van der Waals surface area contributed by atoms with Gasteiger partial charge in [-0.05, 0) is 54.7 Å². The maximum atomic E-state index is 13.0. The van der Waals surface area contributed by atoms with Gasteiger partial charge in [0.2, 0.25) is 0 Å². The summed E-state index contributed by atoms with van der Waals surface area (Å²) in [6, 6.07) is 18.0. The average Bonchev–Trinajstić information content (AvgIpc) is 3.27. The van der Waals surface area contributed by atoms with Gasteiger partial charge in [-0.25, -0.2) is 4.98 Å². The number of anilines is 1. The van der Waals surface area contributed by atoms with E-state index < -0.39 is 6.10 Å². The summed E-state index contributed by atoms with van der Waals surface area (Å²) in [6.45, 7) is 2.33. The molecule has 1 fully saturated rings. The lowest BCUT2D eigenvalue weighted by Crippen LogP contribution is -2.43. The van der Waals surface area contributed by atoms with Crippen LogP contribution in [0.1, 0.15) is 30.4 Å². The smallest absolute Gasteiger partial charge is 0.263 e. The molecular weight excluding hydrogens is 422 g/mol. The summed E-state index contributed by atoms with van der Waals surface area (Å²) < 4.78 is 6.24. The number of carbonyl (C=O) groups excluding carboxylic acids is 1. The van der Waals surface area contributed by atoms with Crippen molar-refractivity contribution in [2.24, 2.45) is 0 Å². The van der Waals surface area contributed by atoms with E-state index in [0.29, 0.717) is 18.0 Å². The Morgan fingerprint density at radius 3 is 2.72 bits per heavy atom. The van der Waals surface area contributed by atoms with Crippen molar-refractivity contribution in [2.75, 3.05) is 18.4 Å². The van der Waals surface area contributed by atoms with Crippen LogP contribution in [0.3, 0.4) is 0 Å². The first-order valence-electron chi connectivity index (χ1n) is 11.2. The van der Waals surface area contributed by atoms with Crippen LogP contribution >= 0.6 is 11.6 Å². The third-order valence-corrected chi connectivity index (χ3v) is 6.34. The van der Waals surface area contributed by atoms with Gasteiger partial charge < -0.3 is 15.0 Å². The van der Waals surface area contributed by atoms with Gasteiger partial charge in [-0.2, -0.15) is 0 Å². The minimum Gasteiger partial charge on any atom is -0.479 e. The molecule has 0 spiro atoms. The first kappa shape index (κ1) is 20.8. The molecule has 0 bridgehead atoms. The zero-order chi connectivity index (χ0) is 21.9. The molecule has 0 saturated carbocycles. The summed E-state index contributed by atoms with van der Waals surface area (Å²) in [5, 5.41) is 4.02. The minimum absolute atomic E-state index is 0.0860. The summed E-state index contributed by atoms with van der Waals surface area (Å²) in [4.78, 5) is 19.4. The van der Waals surface area contributed by atoms with Gasteiger partial charge in [0.1, 0.15) is 11.6 Å². The molecule has 1 aromatic heterocycles. The molecule has 1 atom stereocenters. The number of amides is 1. The van der Waals surface area contributed by atoms with Crippen molar-refractivity contribution in [3.63, 3.8) is 0 Å². The molecule has 5 nitrogen and oxygen atoms in total.